The number of hydrogen-bond donors (Lipinski definition) is 0. The van der Waals surface area contributed by atoms with Crippen molar-refractivity contribution in [1.82, 2.24) is 9.97 Å². The first-order valence-corrected chi connectivity index (χ1v) is 18.9. The van der Waals surface area contributed by atoms with Crippen LogP contribution >= 0.6 is 0 Å². The molecule has 2 aliphatic heterocycles. The second-order valence-corrected chi connectivity index (χ2v) is 16.0. The summed E-state index contributed by atoms with van der Waals surface area (Å²) < 4.78 is 11.9. The molecule has 7 aromatic rings. The van der Waals surface area contributed by atoms with E-state index in [1.165, 1.54) is 38.8 Å². The minimum absolute atomic E-state index is 0.234. The van der Waals surface area contributed by atoms with E-state index < -0.39 is 5.41 Å². The van der Waals surface area contributed by atoms with Gasteiger partial charge in [-0.15, -0.1) is 0 Å². The lowest BCUT2D eigenvalue weighted by atomic mass is 9.67. The second kappa shape index (κ2) is 12.3. The molecule has 0 saturated heterocycles. The number of aromatic nitrogens is 2. The van der Waals surface area contributed by atoms with Gasteiger partial charge in [-0.1, -0.05) is 97.1 Å². The number of nitrogens with zero attached hydrogens (tertiary/aromatic N) is 4. The first-order valence-electron chi connectivity index (χ1n) is 18.9. The Morgan fingerprint density at radius 2 is 1.00 bits per heavy atom. The lowest BCUT2D eigenvalue weighted by Gasteiger charge is -2.34. The molecule has 0 fully saturated rings. The van der Waals surface area contributed by atoms with E-state index in [4.69, 9.17) is 29.4 Å². The fourth-order valence-electron chi connectivity index (χ4n) is 8.55. The highest BCUT2D eigenvalue weighted by Crippen LogP contribution is 2.59. The molecule has 6 heteroatoms. The molecule has 0 N–H and O–H groups in total. The molecule has 6 nitrogen and oxygen atoms in total. The fraction of sp³-hybridized carbons (Fsp3) is 0.184. The molecule has 3 aliphatic rings. The van der Waals surface area contributed by atoms with Crippen LogP contribution in [0.1, 0.15) is 61.1 Å². The van der Waals surface area contributed by atoms with Crippen molar-refractivity contribution < 1.29 is 9.47 Å². The minimum atomic E-state index is -0.627. The first-order chi connectivity index (χ1) is 26.7. The molecule has 0 bridgehead atoms. The Kier molecular flexibility index (Phi) is 7.43. The molecule has 55 heavy (non-hydrogen) atoms. The van der Waals surface area contributed by atoms with Crippen molar-refractivity contribution in [2.45, 2.75) is 44.2 Å². The van der Waals surface area contributed by atoms with E-state index >= 15 is 0 Å². The van der Waals surface area contributed by atoms with E-state index in [-0.39, 0.29) is 11.1 Å². The highest BCUT2D eigenvalue weighted by Gasteiger charge is 2.47. The molecule has 2 aromatic heterocycles. The number of pyridine rings is 2. The highest BCUT2D eigenvalue weighted by molar-refractivity contribution is 6.10. The van der Waals surface area contributed by atoms with Gasteiger partial charge < -0.3 is 9.47 Å². The molecule has 0 unspecified atom stereocenters. The summed E-state index contributed by atoms with van der Waals surface area (Å²) in [6.45, 7) is 9.46. The monoisotopic (exact) mass is 716 g/mol. The highest BCUT2D eigenvalue weighted by atomic mass is 16.5. The summed E-state index contributed by atoms with van der Waals surface area (Å²) in [5, 5.41) is 2.35. The largest absolute Gasteiger partial charge is 0.475 e. The quantitative estimate of drug-likeness (QED) is 0.172. The number of rotatable bonds is 6. The van der Waals surface area contributed by atoms with Crippen LogP contribution in [-0.2, 0) is 14.9 Å². The van der Waals surface area contributed by atoms with Crippen molar-refractivity contribution >= 4 is 22.6 Å². The van der Waals surface area contributed by atoms with E-state index in [1.54, 1.807) is 0 Å². The number of ether oxygens (including phenoxy) is 2. The molecule has 0 saturated carbocycles. The van der Waals surface area contributed by atoms with Crippen LogP contribution in [-0.4, -0.2) is 46.1 Å². The lowest BCUT2D eigenvalue weighted by molar-refractivity contribution is 0.279. The van der Waals surface area contributed by atoms with Crippen LogP contribution in [0, 0.1) is 0 Å². The number of aliphatic imine (C=N–C) groups is 2. The molecule has 5 aromatic carbocycles. The third kappa shape index (κ3) is 5.38. The maximum atomic E-state index is 5.96. The van der Waals surface area contributed by atoms with Crippen molar-refractivity contribution in [2.75, 3.05) is 13.2 Å². The average molecular weight is 717 g/mol. The standard InChI is InChI=1S/C49H40N4O2/c1-47(2)29-54-45(52-47)32-20-23-42(50-27-32)31-19-22-38-40(25-31)49(34-13-7-5-8-14-34,35-15-9-6-10-16-35)41-26-39(36-17-11-12-18-37(36)44(38)41)43-24-21-33(28-51-43)46-53-48(3,4)30-55-46/h5-28H,29-30H2,1-4H3. The summed E-state index contributed by atoms with van der Waals surface area (Å²) in [6.07, 6.45) is 3.77. The predicted molar refractivity (Wildman–Crippen MR) is 221 cm³/mol. The van der Waals surface area contributed by atoms with Gasteiger partial charge in [-0.3, -0.25) is 9.97 Å². The Hall–Kier alpha value is -6.40. The fourth-order valence-corrected chi connectivity index (χ4v) is 8.55. The van der Waals surface area contributed by atoms with Gasteiger partial charge >= 0.3 is 0 Å². The maximum Gasteiger partial charge on any atom is 0.218 e. The summed E-state index contributed by atoms with van der Waals surface area (Å²) in [4.78, 5) is 19.6. The first kappa shape index (κ1) is 33.2. The Labute approximate surface area is 321 Å². The predicted octanol–water partition coefficient (Wildman–Crippen LogP) is 10.4. The zero-order valence-corrected chi connectivity index (χ0v) is 31.4. The minimum Gasteiger partial charge on any atom is -0.475 e. The third-order valence-corrected chi connectivity index (χ3v) is 11.1. The normalized spacial score (nSPS) is 17.2. The van der Waals surface area contributed by atoms with Crippen LogP contribution in [0.5, 0.6) is 0 Å². The second-order valence-electron chi connectivity index (χ2n) is 16.0. The van der Waals surface area contributed by atoms with Gasteiger partial charge in [0.15, 0.2) is 0 Å². The summed E-state index contributed by atoms with van der Waals surface area (Å²) in [5.74, 6) is 1.30. The SMILES string of the molecule is CC1(C)COC(c2ccc(-c3ccc4c(c3)C(c3ccccc3)(c3ccccc3)c3cc(-c5ccc(C6=NC(C)(C)CO6)cn5)c5ccccc5c3-4)nc2)=N1. The lowest BCUT2D eigenvalue weighted by Crippen LogP contribution is -2.28. The summed E-state index contributed by atoms with van der Waals surface area (Å²) in [6, 6.07) is 48.2. The van der Waals surface area contributed by atoms with Crippen LogP contribution in [0.25, 0.3) is 44.4 Å². The molecule has 4 heterocycles. The van der Waals surface area contributed by atoms with Crippen molar-refractivity contribution in [3.05, 3.63) is 179 Å². The molecular formula is C49H40N4O2. The zero-order valence-electron chi connectivity index (χ0n) is 31.4. The molecule has 0 amide bonds. The molecule has 0 spiro atoms. The Morgan fingerprint density at radius 3 is 1.53 bits per heavy atom. The molecule has 1 aliphatic carbocycles. The number of hydrogen-bond acceptors (Lipinski definition) is 6. The van der Waals surface area contributed by atoms with E-state index in [0.29, 0.717) is 25.0 Å². The van der Waals surface area contributed by atoms with Gasteiger partial charge in [0.25, 0.3) is 0 Å². The van der Waals surface area contributed by atoms with E-state index in [9.17, 15) is 0 Å². The smallest absolute Gasteiger partial charge is 0.218 e. The third-order valence-electron chi connectivity index (χ3n) is 11.1. The summed E-state index contributed by atoms with van der Waals surface area (Å²) in [7, 11) is 0. The van der Waals surface area contributed by atoms with Crippen LogP contribution in [0.3, 0.4) is 0 Å². The van der Waals surface area contributed by atoms with Gasteiger partial charge in [-0.25, -0.2) is 9.98 Å². The van der Waals surface area contributed by atoms with Gasteiger partial charge in [0.1, 0.15) is 13.2 Å². The van der Waals surface area contributed by atoms with Crippen molar-refractivity contribution in [1.29, 1.82) is 0 Å². The van der Waals surface area contributed by atoms with E-state index in [0.717, 1.165) is 39.0 Å². The molecule has 0 atom stereocenters. The van der Waals surface area contributed by atoms with Crippen LogP contribution in [0.4, 0.5) is 0 Å². The van der Waals surface area contributed by atoms with Crippen molar-refractivity contribution in [2.24, 2.45) is 9.98 Å². The number of fused-ring (bicyclic) bond motifs is 5. The van der Waals surface area contributed by atoms with Gasteiger partial charge in [0.2, 0.25) is 11.8 Å². The average Bonchev–Trinajstić information content (AvgIpc) is 3.88. The Balaban J connectivity index is 1.20. The van der Waals surface area contributed by atoms with E-state index in [2.05, 4.69) is 161 Å². The zero-order chi connectivity index (χ0) is 37.4. The number of benzene rings is 5. The topological polar surface area (TPSA) is 69.0 Å². The van der Waals surface area contributed by atoms with E-state index in [1.807, 2.05) is 12.4 Å². The summed E-state index contributed by atoms with van der Waals surface area (Å²) in [5.41, 5.74) is 11.9. The van der Waals surface area contributed by atoms with Gasteiger partial charge in [-0.2, -0.15) is 0 Å². The van der Waals surface area contributed by atoms with Crippen molar-refractivity contribution in [3.63, 3.8) is 0 Å². The Bertz CT molecular complexity index is 2640. The summed E-state index contributed by atoms with van der Waals surface area (Å²) >= 11 is 0. The van der Waals surface area contributed by atoms with Gasteiger partial charge in [-0.05, 0) is 108 Å². The van der Waals surface area contributed by atoms with Crippen LogP contribution in [0.15, 0.2) is 156 Å². The molecular weight excluding hydrogens is 677 g/mol. The van der Waals surface area contributed by atoms with Crippen LogP contribution < -0.4 is 0 Å². The van der Waals surface area contributed by atoms with Gasteiger partial charge in [0, 0.05) is 23.5 Å². The van der Waals surface area contributed by atoms with Gasteiger partial charge in [0.05, 0.1) is 39.0 Å². The molecule has 0 radical (unpaired) electrons. The Morgan fingerprint density at radius 1 is 0.473 bits per heavy atom. The molecule has 10 rings (SSSR count). The van der Waals surface area contributed by atoms with Crippen LogP contribution in [0.2, 0.25) is 0 Å². The maximum absolute atomic E-state index is 5.96. The van der Waals surface area contributed by atoms with Crippen molar-refractivity contribution in [3.8, 4) is 33.6 Å². The molecule has 268 valence electrons.